The minimum Gasteiger partial charge on any atom is -0.367 e. The molecule has 1 aliphatic heterocycles. The molecule has 1 aromatic rings. The van der Waals surface area contributed by atoms with Gasteiger partial charge in [0.2, 0.25) is 0 Å². The Labute approximate surface area is 95.0 Å². The van der Waals surface area contributed by atoms with Gasteiger partial charge < -0.3 is 20.9 Å². The van der Waals surface area contributed by atoms with Crippen LogP contribution in [0.2, 0.25) is 0 Å². The average molecular weight is 222 g/mol. The van der Waals surface area contributed by atoms with Gasteiger partial charge in [-0.05, 0) is 25.5 Å². The number of nitrogens with zero attached hydrogens (tertiary/aromatic N) is 1. The van der Waals surface area contributed by atoms with Crippen LogP contribution < -0.4 is 11.1 Å². The molecule has 0 radical (unpaired) electrons. The Morgan fingerprint density at radius 1 is 1.62 bits per heavy atom. The number of nitrogens with two attached hydrogens (primary N) is 1. The molecule has 88 valence electrons. The van der Waals surface area contributed by atoms with E-state index in [2.05, 4.69) is 10.3 Å². The summed E-state index contributed by atoms with van der Waals surface area (Å²) in [6, 6.07) is 2.01. The molecule has 1 aromatic heterocycles. The number of aromatic amines is 1. The van der Waals surface area contributed by atoms with Gasteiger partial charge in [0, 0.05) is 31.0 Å². The molecule has 0 bridgehead atoms. The zero-order valence-corrected chi connectivity index (χ0v) is 9.66. The molecule has 1 unspecified atom stereocenters. The molecule has 1 atom stereocenters. The number of carbonyl (C=O) groups excluding carboxylic acids is 1. The summed E-state index contributed by atoms with van der Waals surface area (Å²) in [4.78, 5) is 16.5. The van der Waals surface area contributed by atoms with Crippen molar-refractivity contribution < 1.29 is 4.79 Å². The quantitative estimate of drug-likeness (QED) is 0.708. The number of nitrogens with one attached hydrogen (secondary N) is 2. The zero-order chi connectivity index (χ0) is 11.8. The lowest BCUT2D eigenvalue weighted by molar-refractivity contribution is 0.207. The van der Waals surface area contributed by atoms with E-state index in [-0.39, 0.29) is 17.6 Å². The second-order valence-electron chi connectivity index (χ2n) is 5.02. The van der Waals surface area contributed by atoms with E-state index in [9.17, 15) is 4.79 Å². The number of rotatable bonds is 3. The molecule has 4 N–H and O–H groups in total. The summed E-state index contributed by atoms with van der Waals surface area (Å²) in [5.74, 6) is 0. The van der Waals surface area contributed by atoms with Gasteiger partial charge in [0.05, 0.1) is 6.04 Å². The Bertz CT molecular complexity index is 366. The van der Waals surface area contributed by atoms with E-state index in [1.165, 1.54) is 0 Å². The van der Waals surface area contributed by atoms with Gasteiger partial charge in [0.1, 0.15) is 0 Å². The number of amides is 2. The third-order valence-electron chi connectivity index (χ3n) is 2.61. The lowest BCUT2D eigenvalue weighted by Crippen LogP contribution is -2.46. The number of urea groups is 1. The average Bonchev–Trinajstić information content (AvgIpc) is 2.73. The van der Waals surface area contributed by atoms with Gasteiger partial charge in [0.25, 0.3) is 0 Å². The van der Waals surface area contributed by atoms with Gasteiger partial charge >= 0.3 is 6.03 Å². The van der Waals surface area contributed by atoms with Crippen molar-refractivity contribution in [3.63, 3.8) is 0 Å². The molecule has 0 saturated carbocycles. The second kappa shape index (κ2) is 3.83. The first-order valence-electron chi connectivity index (χ1n) is 5.43. The van der Waals surface area contributed by atoms with Crippen LogP contribution in [0.4, 0.5) is 4.79 Å². The highest BCUT2D eigenvalue weighted by atomic mass is 16.2. The summed E-state index contributed by atoms with van der Waals surface area (Å²) in [5.41, 5.74) is 6.66. The van der Waals surface area contributed by atoms with Gasteiger partial charge in [0.15, 0.2) is 0 Å². The summed E-state index contributed by atoms with van der Waals surface area (Å²) in [6.07, 6.45) is 3.76. The molecule has 0 aromatic carbocycles. The summed E-state index contributed by atoms with van der Waals surface area (Å²) in [6.45, 7) is 5.09. The van der Waals surface area contributed by atoms with Crippen LogP contribution in [0.5, 0.6) is 0 Å². The van der Waals surface area contributed by atoms with Gasteiger partial charge in [-0.2, -0.15) is 0 Å². The summed E-state index contributed by atoms with van der Waals surface area (Å²) in [7, 11) is 0. The normalized spacial score (nSPS) is 21.3. The van der Waals surface area contributed by atoms with Crippen molar-refractivity contribution in [3.05, 3.63) is 24.0 Å². The monoisotopic (exact) mass is 222 g/mol. The van der Waals surface area contributed by atoms with Crippen LogP contribution in [-0.4, -0.2) is 34.5 Å². The minimum absolute atomic E-state index is 0.0373. The first-order valence-corrected chi connectivity index (χ1v) is 5.43. The van der Waals surface area contributed by atoms with Crippen LogP contribution in [-0.2, 0) is 0 Å². The molecular weight excluding hydrogens is 204 g/mol. The number of H-pyrrole nitrogens is 1. The molecule has 0 aliphatic carbocycles. The van der Waals surface area contributed by atoms with E-state index >= 15 is 0 Å². The third-order valence-corrected chi connectivity index (χ3v) is 2.61. The second-order valence-corrected chi connectivity index (χ2v) is 5.02. The Kier molecular flexibility index (Phi) is 2.63. The molecule has 0 spiro atoms. The smallest absolute Gasteiger partial charge is 0.318 e. The van der Waals surface area contributed by atoms with Gasteiger partial charge in [-0.15, -0.1) is 0 Å². The molecule has 2 rings (SSSR count). The largest absolute Gasteiger partial charge is 0.367 e. The predicted octanol–water partition coefficient (Wildman–Crippen LogP) is 0.818. The van der Waals surface area contributed by atoms with E-state index in [1.807, 2.05) is 32.3 Å². The van der Waals surface area contributed by atoms with Crippen LogP contribution in [0.15, 0.2) is 18.5 Å². The number of carbonyl (C=O) groups is 1. The van der Waals surface area contributed by atoms with Crippen molar-refractivity contribution in [2.75, 3.05) is 13.1 Å². The van der Waals surface area contributed by atoms with Crippen molar-refractivity contribution in [3.8, 4) is 0 Å². The lowest BCUT2D eigenvalue weighted by Gasteiger charge is -2.25. The molecule has 2 amide bonds. The van der Waals surface area contributed by atoms with E-state index in [0.717, 1.165) is 5.56 Å². The van der Waals surface area contributed by atoms with Crippen molar-refractivity contribution in [2.45, 2.75) is 25.4 Å². The standard InChI is InChI=1S/C11H18N4O/c1-11(2,12)7-15-6-9(14-10(15)16)8-3-4-13-5-8/h3-5,9,13H,6-7,12H2,1-2H3,(H,14,16). The summed E-state index contributed by atoms with van der Waals surface area (Å²) < 4.78 is 0. The van der Waals surface area contributed by atoms with E-state index < -0.39 is 0 Å². The topological polar surface area (TPSA) is 74.2 Å². The van der Waals surface area contributed by atoms with Crippen molar-refractivity contribution in [1.29, 1.82) is 0 Å². The first-order chi connectivity index (χ1) is 7.46. The van der Waals surface area contributed by atoms with Crippen LogP contribution in [0.25, 0.3) is 0 Å². The highest BCUT2D eigenvalue weighted by molar-refractivity contribution is 5.77. The third kappa shape index (κ3) is 2.36. The van der Waals surface area contributed by atoms with E-state index in [4.69, 9.17) is 5.73 Å². The molecule has 5 heteroatoms. The molecular formula is C11H18N4O. The van der Waals surface area contributed by atoms with Crippen molar-refractivity contribution >= 4 is 6.03 Å². The Hall–Kier alpha value is -1.49. The fourth-order valence-electron chi connectivity index (χ4n) is 1.96. The Morgan fingerprint density at radius 3 is 2.94 bits per heavy atom. The highest BCUT2D eigenvalue weighted by Gasteiger charge is 2.32. The van der Waals surface area contributed by atoms with Crippen molar-refractivity contribution in [2.24, 2.45) is 5.73 Å². The maximum atomic E-state index is 11.7. The van der Waals surface area contributed by atoms with Crippen molar-refractivity contribution in [1.82, 2.24) is 15.2 Å². The van der Waals surface area contributed by atoms with Crippen LogP contribution in [0.1, 0.15) is 25.5 Å². The Morgan fingerprint density at radius 2 is 2.38 bits per heavy atom. The van der Waals surface area contributed by atoms with Crippen LogP contribution in [0, 0.1) is 0 Å². The number of aromatic nitrogens is 1. The lowest BCUT2D eigenvalue weighted by atomic mass is 10.1. The molecule has 1 saturated heterocycles. The van der Waals surface area contributed by atoms with Crippen LogP contribution in [0.3, 0.4) is 0 Å². The highest BCUT2D eigenvalue weighted by Crippen LogP contribution is 2.20. The summed E-state index contributed by atoms with van der Waals surface area (Å²) in [5, 5.41) is 2.94. The maximum absolute atomic E-state index is 11.7. The first kappa shape index (κ1) is 11.0. The maximum Gasteiger partial charge on any atom is 0.318 e. The Balaban J connectivity index is 2.02. The fourth-order valence-corrected chi connectivity index (χ4v) is 1.96. The molecule has 2 heterocycles. The minimum atomic E-state index is -0.357. The molecule has 5 nitrogen and oxygen atoms in total. The number of hydrogen-bond donors (Lipinski definition) is 3. The molecule has 16 heavy (non-hydrogen) atoms. The SMILES string of the molecule is CC(C)(N)CN1CC(c2cc[nH]c2)NC1=O. The molecule has 1 aliphatic rings. The van der Waals surface area contributed by atoms with Crippen LogP contribution >= 0.6 is 0 Å². The number of hydrogen-bond acceptors (Lipinski definition) is 2. The predicted molar refractivity (Wildman–Crippen MR) is 61.9 cm³/mol. The fraction of sp³-hybridized carbons (Fsp3) is 0.545. The van der Waals surface area contributed by atoms with Gasteiger partial charge in [-0.1, -0.05) is 0 Å². The van der Waals surface area contributed by atoms with E-state index in [1.54, 1.807) is 4.90 Å². The molecule has 1 fully saturated rings. The van der Waals surface area contributed by atoms with Gasteiger partial charge in [-0.3, -0.25) is 0 Å². The zero-order valence-electron chi connectivity index (χ0n) is 9.66. The summed E-state index contributed by atoms with van der Waals surface area (Å²) >= 11 is 0. The van der Waals surface area contributed by atoms with E-state index in [0.29, 0.717) is 13.1 Å². The van der Waals surface area contributed by atoms with Gasteiger partial charge in [-0.25, -0.2) is 4.79 Å².